The molecule has 0 aliphatic carbocycles. The first kappa shape index (κ1) is 20.3. The molecule has 1 aliphatic heterocycles. The van der Waals surface area contributed by atoms with Gasteiger partial charge in [0.2, 0.25) is 10.0 Å². The maximum atomic E-state index is 13.3. The lowest BCUT2D eigenvalue weighted by molar-refractivity contribution is -0.139. The van der Waals surface area contributed by atoms with Crippen LogP contribution in [0.2, 0.25) is 0 Å². The van der Waals surface area contributed by atoms with Crippen LogP contribution in [0.4, 0.5) is 13.2 Å². The van der Waals surface area contributed by atoms with Crippen molar-refractivity contribution < 1.29 is 26.4 Å². The summed E-state index contributed by atoms with van der Waals surface area (Å²) in [5.41, 5.74) is -1.06. The van der Waals surface area contributed by atoms with Crippen molar-refractivity contribution in [1.82, 2.24) is 24.6 Å². The highest BCUT2D eigenvalue weighted by atomic mass is 32.2. The van der Waals surface area contributed by atoms with Crippen LogP contribution in [0.25, 0.3) is 0 Å². The molecule has 0 spiro atoms. The summed E-state index contributed by atoms with van der Waals surface area (Å²) in [5, 5.41) is 9.47. The van der Waals surface area contributed by atoms with Crippen LogP contribution in [0.5, 0.6) is 0 Å². The summed E-state index contributed by atoms with van der Waals surface area (Å²) in [7, 11) is -4.42. The maximum Gasteiger partial charge on any atom is 0.417 e. The summed E-state index contributed by atoms with van der Waals surface area (Å²) >= 11 is 0. The smallest absolute Gasteiger partial charge is 0.332 e. The van der Waals surface area contributed by atoms with E-state index in [0.717, 1.165) is 22.5 Å². The molecular formula is C16H18F3N5O3S. The quantitative estimate of drug-likeness (QED) is 0.820. The molecule has 2 atom stereocenters. The number of carbonyl (C=O) groups excluding carboxylic acids is 1. The van der Waals surface area contributed by atoms with Crippen LogP contribution < -0.4 is 0 Å². The number of H-pyrrole nitrogens is 1. The summed E-state index contributed by atoms with van der Waals surface area (Å²) in [6, 6.07) is 2.81. The molecule has 3 rings (SSSR count). The van der Waals surface area contributed by atoms with E-state index in [2.05, 4.69) is 15.4 Å². The predicted octanol–water partition coefficient (Wildman–Crippen LogP) is 1.75. The number of aromatic nitrogens is 3. The Morgan fingerprint density at radius 3 is 2.46 bits per heavy atom. The maximum absolute atomic E-state index is 13.3. The third kappa shape index (κ3) is 3.61. The number of nitrogens with one attached hydrogen (secondary N) is 1. The number of benzene rings is 1. The van der Waals surface area contributed by atoms with Crippen molar-refractivity contribution in [2.45, 2.75) is 37.0 Å². The number of piperazine rings is 1. The second-order valence-electron chi connectivity index (χ2n) is 6.59. The molecule has 0 saturated carbocycles. The summed E-state index contributed by atoms with van der Waals surface area (Å²) < 4.78 is 66.9. The Labute approximate surface area is 159 Å². The van der Waals surface area contributed by atoms with Gasteiger partial charge < -0.3 is 4.90 Å². The van der Waals surface area contributed by atoms with E-state index in [0.29, 0.717) is 0 Å². The van der Waals surface area contributed by atoms with Crippen LogP contribution >= 0.6 is 0 Å². The Kier molecular flexibility index (Phi) is 5.19. The van der Waals surface area contributed by atoms with E-state index in [4.69, 9.17) is 0 Å². The standard InChI is InChI=1S/C16H18F3N5O3S/c1-10-9-24(11(2)8-23(10)15(25)13-7-20-22-21-13)28(26,27)14-6-4-3-5-12(14)16(17,18)19/h3-7,10-11H,8-9H2,1-2H3,(H,20,21,22)/t10-,11+/m0/s1. The van der Waals surface area contributed by atoms with Crippen molar-refractivity contribution in [3.63, 3.8) is 0 Å². The molecule has 1 saturated heterocycles. The second-order valence-corrected chi connectivity index (χ2v) is 8.45. The van der Waals surface area contributed by atoms with E-state index in [1.54, 1.807) is 13.8 Å². The molecule has 0 unspecified atom stereocenters. The van der Waals surface area contributed by atoms with Gasteiger partial charge in [0.1, 0.15) is 5.69 Å². The van der Waals surface area contributed by atoms with E-state index in [-0.39, 0.29) is 18.8 Å². The monoisotopic (exact) mass is 417 g/mol. The number of halogens is 3. The van der Waals surface area contributed by atoms with Crippen LogP contribution in [-0.4, -0.2) is 64.1 Å². The van der Waals surface area contributed by atoms with Crippen molar-refractivity contribution >= 4 is 15.9 Å². The number of hydrogen-bond acceptors (Lipinski definition) is 5. The van der Waals surface area contributed by atoms with E-state index in [9.17, 15) is 26.4 Å². The predicted molar refractivity (Wildman–Crippen MR) is 91.7 cm³/mol. The minimum Gasteiger partial charge on any atom is -0.332 e. The third-order valence-corrected chi connectivity index (χ3v) is 6.65. The molecule has 2 heterocycles. The Balaban J connectivity index is 1.91. The molecule has 8 nitrogen and oxygen atoms in total. The van der Waals surface area contributed by atoms with Gasteiger partial charge in [0.05, 0.1) is 16.7 Å². The molecule has 0 radical (unpaired) electrons. The fraction of sp³-hybridized carbons (Fsp3) is 0.438. The minimum absolute atomic E-state index is 0.0203. The third-order valence-electron chi connectivity index (χ3n) is 4.61. The molecular weight excluding hydrogens is 399 g/mol. The minimum atomic E-state index is -4.80. The van der Waals surface area contributed by atoms with Gasteiger partial charge >= 0.3 is 6.18 Å². The number of nitrogens with zero attached hydrogens (tertiary/aromatic N) is 4. The first-order chi connectivity index (χ1) is 13.0. The van der Waals surface area contributed by atoms with Gasteiger partial charge in [-0.25, -0.2) is 8.42 Å². The van der Waals surface area contributed by atoms with Crippen LogP contribution in [-0.2, 0) is 16.2 Å². The van der Waals surface area contributed by atoms with E-state index in [1.807, 2.05) is 0 Å². The molecule has 1 amide bonds. The first-order valence-electron chi connectivity index (χ1n) is 8.38. The van der Waals surface area contributed by atoms with Crippen molar-refractivity contribution in [1.29, 1.82) is 0 Å². The lowest BCUT2D eigenvalue weighted by Gasteiger charge is -2.43. The zero-order valence-electron chi connectivity index (χ0n) is 15.0. The molecule has 0 bridgehead atoms. The number of aromatic amines is 1. The fourth-order valence-electron chi connectivity index (χ4n) is 3.22. The van der Waals surface area contributed by atoms with Crippen LogP contribution in [0.1, 0.15) is 29.9 Å². The van der Waals surface area contributed by atoms with E-state index >= 15 is 0 Å². The molecule has 12 heteroatoms. The van der Waals surface area contributed by atoms with Gasteiger partial charge in [0, 0.05) is 25.2 Å². The lowest BCUT2D eigenvalue weighted by Crippen LogP contribution is -2.59. The van der Waals surface area contributed by atoms with Crippen molar-refractivity contribution in [2.24, 2.45) is 0 Å². The number of sulfonamides is 1. The summed E-state index contributed by atoms with van der Waals surface area (Å²) in [4.78, 5) is 13.2. The molecule has 28 heavy (non-hydrogen) atoms. The molecule has 152 valence electrons. The van der Waals surface area contributed by atoms with Gasteiger partial charge in [0.15, 0.2) is 0 Å². The van der Waals surface area contributed by atoms with Crippen molar-refractivity contribution in [3.05, 3.63) is 41.7 Å². The summed E-state index contributed by atoms with van der Waals surface area (Å²) in [5.74, 6) is -0.405. The number of amides is 1. The summed E-state index contributed by atoms with van der Waals surface area (Å²) in [6.45, 7) is 3.06. The van der Waals surface area contributed by atoms with Gasteiger partial charge in [-0.3, -0.25) is 9.89 Å². The van der Waals surface area contributed by atoms with Crippen molar-refractivity contribution in [2.75, 3.05) is 13.1 Å². The molecule has 2 aromatic rings. The molecule has 1 fully saturated rings. The summed E-state index contributed by atoms with van der Waals surface area (Å²) in [6.07, 6.45) is -3.55. The van der Waals surface area contributed by atoms with Gasteiger partial charge in [-0.2, -0.15) is 17.5 Å². The lowest BCUT2D eigenvalue weighted by atomic mass is 10.1. The van der Waals surface area contributed by atoms with Crippen molar-refractivity contribution in [3.8, 4) is 0 Å². The van der Waals surface area contributed by atoms with Gasteiger partial charge in [-0.1, -0.05) is 17.3 Å². The van der Waals surface area contributed by atoms with Crippen LogP contribution in [0, 0.1) is 0 Å². The van der Waals surface area contributed by atoms with E-state index in [1.165, 1.54) is 17.2 Å². The normalized spacial score (nSPS) is 21.7. The van der Waals surface area contributed by atoms with Gasteiger partial charge in [-0.15, -0.1) is 5.10 Å². The molecule has 1 aliphatic rings. The number of carbonyl (C=O) groups is 1. The number of alkyl halides is 3. The van der Waals surface area contributed by atoms with Crippen LogP contribution in [0.3, 0.4) is 0 Å². The first-order valence-corrected chi connectivity index (χ1v) is 9.82. The Morgan fingerprint density at radius 2 is 1.86 bits per heavy atom. The van der Waals surface area contributed by atoms with E-state index < -0.39 is 44.6 Å². The molecule has 1 aromatic heterocycles. The zero-order valence-corrected chi connectivity index (χ0v) is 15.8. The molecule has 1 N–H and O–H groups in total. The largest absolute Gasteiger partial charge is 0.417 e. The zero-order chi connectivity index (χ0) is 20.7. The topological polar surface area (TPSA) is 99.3 Å². The number of hydrogen-bond donors (Lipinski definition) is 1. The van der Waals surface area contributed by atoms with Gasteiger partial charge in [0.25, 0.3) is 5.91 Å². The Hall–Kier alpha value is -2.47. The van der Waals surface area contributed by atoms with Gasteiger partial charge in [-0.05, 0) is 26.0 Å². The SMILES string of the molecule is C[C@@H]1CN(C(=O)c2cnn[nH]2)[C@@H](C)CN1S(=O)(=O)c1ccccc1C(F)(F)F. The fourth-order valence-corrected chi connectivity index (χ4v) is 5.14. The highest BCUT2D eigenvalue weighted by Crippen LogP contribution is 2.36. The van der Waals surface area contributed by atoms with Crippen LogP contribution in [0.15, 0.2) is 35.4 Å². The number of rotatable bonds is 3. The average Bonchev–Trinajstić information content (AvgIpc) is 3.16. The molecule has 1 aromatic carbocycles. The highest BCUT2D eigenvalue weighted by Gasteiger charge is 2.43. The Bertz CT molecular complexity index is 962. The second kappa shape index (κ2) is 7.17. The highest BCUT2D eigenvalue weighted by molar-refractivity contribution is 7.89. The average molecular weight is 417 g/mol. The Morgan fingerprint density at radius 1 is 1.18 bits per heavy atom.